The molecule has 1 rings (SSSR count). The molecule has 0 unspecified atom stereocenters. The first kappa shape index (κ1) is 16.2. The van der Waals surface area contributed by atoms with Crippen LogP contribution in [0.3, 0.4) is 0 Å². The van der Waals surface area contributed by atoms with Crippen LogP contribution >= 0.6 is 0 Å². The van der Waals surface area contributed by atoms with Crippen molar-refractivity contribution >= 4 is 23.3 Å². The van der Waals surface area contributed by atoms with Crippen molar-refractivity contribution in [2.24, 2.45) is 0 Å². The summed E-state index contributed by atoms with van der Waals surface area (Å²) >= 11 is 0. The third-order valence-electron chi connectivity index (χ3n) is 2.25. The Balaban J connectivity index is 3.40. The van der Waals surface area contributed by atoms with E-state index in [1.807, 2.05) is 0 Å². The number of hydrogen-bond acceptors (Lipinski definition) is 5. The number of alkyl halides is 3. The summed E-state index contributed by atoms with van der Waals surface area (Å²) in [5, 5.41) is 20.9. The molecule has 0 atom stereocenters. The highest BCUT2D eigenvalue weighted by atomic mass is 19.4. The highest BCUT2D eigenvalue weighted by Gasteiger charge is 2.40. The summed E-state index contributed by atoms with van der Waals surface area (Å²) in [5.74, 6) is -4.45. The molecule has 11 heteroatoms. The number of nitro groups is 1. The van der Waals surface area contributed by atoms with Crippen LogP contribution in [0.2, 0.25) is 0 Å². The fourth-order valence-corrected chi connectivity index (χ4v) is 1.35. The van der Waals surface area contributed by atoms with E-state index in [1.165, 1.54) is 5.32 Å². The number of ether oxygens (including phenoxy) is 1. The molecule has 21 heavy (non-hydrogen) atoms. The predicted molar refractivity (Wildman–Crippen MR) is 61.3 cm³/mol. The lowest BCUT2D eigenvalue weighted by Gasteiger charge is -2.11. The number of carboxylic acid groups (broad SMARTS) is 1. The van der Waals surface area contributed by atoms with E-state index in [0.29, 0.717) is 12.1 Å². The van der Waals surface area contributed by atoms with Crippen molar-refractivity contribution in [3.63, 3.8) is 0 Å². The summed E-state index contributed by atoms with van der Waals surface area (Å²) in [6.45, 7) is 0. The van der Waals surface area contributed by atoms with Gasteiger partial charge in [-0.1, -0.05) is 0 Å². The van der Waals surface area contributed by atoms with Crippen molar-refractivity contribution in [1.29, 1.82) is 0 Å². The van der Waals surface area contributed by atoms with Crippen LogP contribution in [0.1, 0.15) is 10.4 Å². The molecular formula is C10H7F3N2O6. The number of methoxy groups -OCH3 is 1. The number of nitrogens with zero attached hydrogens (tertiary/aromatic N) is 1. The number of benzene rings is 1. The number of nitro benzene ring substituents is 1. The Labute approximate surface area is 114 Å². The smallest absolute Gasteiger partial charge is 0.471 e. The minimum Gasteiger partial charge on any atom is -0.496 e. The Kier molecular flexibility index (Phi) is 4.36. The van der Waals surface area contributed by atoms with Crippen molar-refractivity contribution in [3.05, 3.63) is 27.8 Å². The van der Waals surface area contributed by atoms with Gasteiger partial charge in [0.25, 0.3) is 5.69 Å². The maximum atomic E-state index is 12.2. The Morgan fingerprint density at radius 1 is 1.38 bits per heavy atom. The number of carbonyl (C=O) groups is 2. The lowest BCUT2D eigenvalue weighted by atomic mass is 10.1. The number of amides is 1. The molecule has 1 aromatic rings. The molecular weight excluding hydrogens is 301 g/mol. The molecule has 1 aromatic carbocycles. The standard InChI is InChI=1S/C10H7F3N2O6/c1-21-7-3-5(14-9(18)10(11,12)13)6(15(19)20)2-4(7)8(16)17/h2-3H,1H3,(H,14,18)(H,16,17). The van der Waals surface area contributed by atoms with Crippen molar-refractivity contribution in [2.75, 3.05) is 12.4 Å². The minimum atomic E-state index is -5.26. The fourth-order valence-electron chi connectivity index (χ4n) is 1.35. The van der Waals surface area contributed by atoms with Crippen LogP contribution in [0.25, 0.3) is 0 Å². The third-order valence-corrected chi connectivity index (χ3v) is 2.25. The van der Waals surface area contributed by atoms with E-state index in [0.717, 1.165) is 7.11 Å². The van der Waals surface area contributed by atoms with E-state index in [9.17, 15) is 32.9 Å². The number of hydrogen-bond donors (Lipinski definition) is 2. The van der Waals surface area contributed by atoms with E-state index in [4.69, 9.17) is 5.11 Å². The van der Waals surface area contributed by atoms with Crippen LogP contribution in [-0.4, -0.2) is 35.2 Å². The molecule has 0 aliphatic carbocycles. The third kappa shape index (κ3) is 3.58. The van der Waals surface area contributed by atoms with Gasteiger partial charge in [0.15, 0.2) is 0 Å². The van der Waals surface area contributed by atoms with Gasteiger partial charge in [-0.15, -0.1) is 0 Å². The molecule has 0 aliphatic heterocycles. The molecule has 0 aliphatic rings. The van der Waals surface area contributed by atoms with Crippen molar-refractivity contribution in [3.8, 4) is 5.75 Å². The SMILES string of the molecule is COc1cc(NC(=O)C(F)(F)F)c([N+](=O)[O-])cc1C(=O)O. The van der Waals surface area contributed by atoms with Gasteiger partial charge in [-0.05, 0) is 0 Å². The number of halogens is 3. The molecule has 0 bridgehead atoms. The number of aromatic carboxylic acids is 1. The summed E-state index contributed by atoms with van der Waals surface area (Å²) in [7, 11) is 1.02. The first-order valence-corrected chi connectivity index (χ1v) is 5.05. The summed E-state index contributed by atoms with van der Waals surface area (Å²) < 4.78 is 41.1. The molecule has 0 saturated carbocycles. The molecule has 8 nitrogen and oxygen atoms in total. The second kappa shape index (κ2) is 5.64. The average Bonchev–Trinajstić information content (AvgIpc) is 2.36. The summed E-state index contributed by atoms with van der Waals surface area (Å²) in [5.41, 5.74) is -2.47. The van der Waals surface area contributed by atoms with Gasteiger partial charge < -0.3 is 15.2 Å². The molecule has 0 aromatic heterocycles. The largest absolute Gasteiger partial charge is 0.496 e. The topological polar surface area (TPSA) is 119 Å². The minimum absolute atomic E-state index is 0.439. The van der Waals surface area contributed by atoms with E-state index in [2.05, 4.69) is 4.74 Å². The van der Waals surface area contributed by atoms with Crippen LogP contribution in [0.5, 0.6) is 5.75 Å². The molecule has 0 spiro atoms. The van der Waals surface area contributed by atoms with Crippen molar-refractivity contribution < 1.29 is 37.5 Å². The van der Waals surface area contributed by atoms with Crippen molar-refractivity contribution in [1.82, 2.24) is 0 Å². The van der Waals surface area contributed by atoms with Crippen LogP contribution in [-0.2, 0) is 4.79 Å². The quantitative estimate of drug-likeness (QED) is 0.646. The van der Waals surface area contributed by atoms with E-state index in [1.54, 1.807) is 0 Å². The molecule has 1 amide bonds. The van der Waals surface area contributed by atoms with Crippen LogP contribution in [0.4, 0.5) is 24.5 Å². The maximum Gasteiger partial charge on any atom is 0.471 e. The Bertz CT molecular complexity index is 614. The molecule has 0 heterocycles. The normalized spacial score (nSPS) is 10.9. The zero-order valence-corrected chi connectivity index (χ0v) is 10.2. The van der Waals surface area contributed by atoms with Gasteiger partial charge in [0, 0.05) is 12.1 Å². The van der Waals surface area contributed by atoms with Crippen molar-refractivity contribution in [2.45, 2.75) is 6.18 Å². The average molecular weight is 308 g/mol. The van der Waals surface area contributed by atoms with Gasteiger partial charge in [0.1, 0.15) is 17.0 Å². The number of carboxylic acids is 1. The molecule has 2 N–H and O–H groups in total. The zero-order valence-electron chi connectivity index (χ0n) is 10.2. The number of rotatable bonds is 4. The predicted octanol–water partition coefficient (Wildman–Crippen LogP) is 1.80. The maximum absolute atomic E-state index is 12.2. The second-order valence-corrected chi connectivity index (χ2v) is 3.58. The van der Waals surface area contributed by atoms with Crippen LogP contribution in [0, 0.1) is 10.1 Å². The van der Waals surface area contributed by atoms with Gasteiger partial charge in [0.05, 0.1) is 12.0 Å². The van der Waals surface area contributed by atoms with Crippen LogP contribution < -0.4 is 10.1 Å². The number of anilines is 1. The van der Waals surface area contributed by atoms with E-state index >= 15 is 0 Å². The van der Waals surface area contributed by atoms with Crippen LogP contribution in [0.15, 0.2) is 12.1 Å². The van der Waals surface area contributed by atoms with Gasteiger partial charge in [-0.25, -0.2) is 4.79 Å². The Morgan fingerprint density at radius 2 is 1.95 bits per heavy atom. The van der Waals surface area contributed by atoms with Gasteiger partial charge in [-0.2, -0.15) is 13.2 Å². The molecule has 114 valence electrons. The summed E-state index contributed by atoms with van der Waals surface area (Å²) in [4.78, 5) is 31.3. The highest BCUT2D eigenvalue weighted by molar-refractivity contribution is 5.99. The van der Waals surface area contributed by atoms with E-state index in [-0.39, 0.29) is 0 Å². The van der Waals surface area contributed by atoms with E-state index < -0.39 is 45.7 Å². The molecule has 0 fully saturated rings. The monoisotopic (exact) mass is 308 g/mol. The van der Waals surface area contributed by atoms with Gasteiger partial charge in [0.2, 0.25) is 0 Å². The fraction of sp³-hybridized carbons (Fsp3) is 0.200. The zero-order chi connectivity index (χ0) is 16.4. The molecule has 0 saturated heterocycles. The van der Waals surface area contributed by atoms with Gasteiger partial charge in [-0.3, -0.25) is 14.9 Å². The number of carbonyl (C=O) groups excluding carboxylic acids is 1. The molecule has 0 radical (unpaired) electrons. The summed E-state index contributed by atoms with van der Waals surface area (Å²) in [6.07, 6.45) is -5.26. The van der Waals surface area contributed by atoms with Gasteiger partial charge >= 0.3 is 18.1 Å². The second-order valence-electron chi connectivity index (χ2n) is 3.58. The Morgan fingerprint density at radius 3 is 2.33 bits per heavy atom. The first-order chi connectivity index (χ1) is 9.57. The number of nitrogens with one attached hydrogen (secondary N) is 1. The highest BCUT2D eigenvalue weighted by Crippen LogP contribution is 2.33. The lowest BCUT2D eigenvalue weighted by Crippen LogP contribution is -2.30. The summed E-state index contributed by atoms with van der Waals surface area (Å²) in [6, 6.07) is 1.12. The first-order valence-electron chi connectivity index (χ1n) is 5.05. The Hall–Kier alpha value is -2.85. The lowest BCUT2D eigenvalue weighted by molar-refractivity contribution is -0.384.